The van der Waals surface area contributed by atoms with E-state index < -0.39 is 17.4 Å². The predicted octanol–water partition coefficient (Wildman–Crippen LogP) is 0.196. The standard InChI is InChI=1S/C9H12N2O4/c1-9(2,8(13)14)11-6(12)5-7-10-3-4-15-7/h3-4H,5H2,1-2H3,(H,11,12)(H,13,14). The Hall–Kier alpha value is -1.85. The number of oxazole rings is 1. The van der Waals surface area contributed by atoms with Crippen molar-refractivity contribution in [3.05, 3.63) is 18.4 Å². The van der Waals surface area contributed by atoms with E-state index in [-0.39, 0.29) is 12.3 Å². The summed E-state index contributed by atoms with van der Waals surface area (Å²) >= 11 is 0. The number of carbonyl (C=O) groups is 2. The van der Waals surface area contributed by atoms with Gasteiger partial charge in [0.2, 0.25) is 11.8 Å². The molecule has 0 spiro atoms. The minimum Gasteiger partial charge on any atom is -0.480 e. The lowest BCUT2D eigenvalue weighted by molar-refractivity contribution is -0.146. The molecule has 0 radical (unpaired) electrons. The third-order valence-corrected chi connectivity index (χ3v) is 1.78. The molecule has 1 amide bonds. The fourth-order valence-corrected chi connectivity index (χ4v) is 0.924. The van der Waals surface area contributed by atoms with Crippen molar-refractivity contribution in [2.24, 2.45) is 0 Å². The smallest absolute Gasteiger partial charge is 0.328 e. The van der Waals surface area contributed by atoms with Crippen LogP contribution in [0.1, 0.15) is 19.7 Å². The third kappa shape index (κ3) is 3.08. The van der Waals surface area contributed by atoms with Crippen LogP contribution in [0.3, 0.4) is 0 Å². The van der Waals surface area contributed by atoms with Crippen LogP contribution >= 0.6 is 0 Å². The molecule has 6 nitrogen and oxygen atoms in total. The predicted molar refractivity (Wildman–Crippen MR) is 50.1 cm³/mol. The first-order chi connectivity index (χ1) is 6.92. The van der Waals surface area contributed by atoms with Gasteiger partial charge in [0.25, 0.3) is 0 Å². The van der Waals surface area contributed by atoms with Crippen molar-refractivity contribution in [3.8, 4) is 0 Å². The van der Waals surface area contributed by atoms with Gasteiger partial charge in [-0.3, -0.25) is 4.79 Å². The number of carboxylic acids is 1. The van der Waals surface area contributed by atoms with Crippen LogP contribution in [-0.4, -0.2) is 27.5 Å². The van der Waals surface area contributed by atoms with Gasteiger partial charge in [-0.25, -0.2) is 9.78 Å². The molecule has 0 unspecified atom stereocenters. The first-order valence-corrected chi connectivity index (χ1v) is 4.34. The van der Waals surface area contributed by atoms with E-state index in [4.69, 9.17) is 9.52 Å². The summed E-state index contributed by atoms with van der Waals surface area (Å²) in [5.41, 5.74) is -1.29. The Kier molecular flexibility index (Phi) is 3.08. The van der Waals surface area contributed by atoms with Gasteiger partial charge in [-0.15, -0.1) is 0 Å². The molecule has 0 saturated heterocycles. The van der Waals surface area contributed by atoms with Crippen molar-refractivity contribution in [3.63, 3.8) is 0 Å². The number of hydrogen-bond acceptors (Lipinski definition) is 4. The Morgan fingerprint density at radius 1 is 1.60 bits per heavy atom. The van der Waals surface area contributed by atoms with Crippen LogP contribution in [0.2, 0.25) is 0 Å². The van der Waals surface area contributed by atoms with E-state index in [1.54, 1.807) is 0 Å². The second-order valence-electron chi connectivity index (χ2n) is 3.58. The monoisotopic (exact) mass is 212 g/mol. The topological polar surface area (TPSA) is 92.4 Å². The minimum atomic E-state index is -1.29. The van der Waals surface area contributed by atoms with Crippen molar-refractivity contribution < 1.29 is 19.1 Å². The van der Waals surface area contributed by atoms with Gasteiger partial charge in [-0.1, -0.05) is 0 Å². The summed E-state index contributed by atoms with van der Waals surface area (Å²) in [4.78, 5) is 25.8. The molecule has 0 aliphatic carbocycles. The van der Waals surface area contributed by atoms with Gasteiger partial charge < -0.3 is 14.8 Å². The summed E-state index contributed by atoms with van der Waals surface area (Å²) in [7, 11) is 0. The number of amides is 1. The van der Waals surface area contributed by atoms with Crippen LogP contribution in [0.15, 0.2) is 16.9 Å². The van der Waals surface area contributed by atoms with Gasteiger partial charge in [-0.2, -0.15) is 0 Å². The molecular weight excluding hydrogens is 200 g/mol. The van der Waals surface area contributed by atoms with Crippen molar-refractivity contribution in [2.45, 2.75) is 25.8 Å². The number of aliphatic carboxylic acids is 1. The number of nitrogens with zero attached hydrogens (tertiary/aromatic N) is 1. The average Bonchev–Trinajstić information content (AvgIpc) is 2.54. The molecule has 1 heterocycles. The van der Waals surface area contributed by atoms with Crippen LogP contribution in [0, 0.1) is 0 Å². The number of carbonyl (C=O) groups excluding carboxylic acids is 1. The molecule has 6 heteroatoms. The molecule has 1 aromatic rings. The number of rotatable bonds is 4. The molecule has 15 heavy (non-hydrogen) atoms. The molecule has 82 valence electrons. The number of nitrogens with one attached hydrogen (secondary N) is 1. The zero-order chi connectivity index (χ0) is 11.5. The van der Waals surface area contributed by atoms with Gasteiger partial charge in [0.15, 0.2) is 0 Å². The average molecular weight is 212 g/mol. The lowest BCUT2D eigenvalue weighted by Crippen LogP contribution is -2.50. The quantitative estimate of drug-likeness (QED) is 0.743. The second kappa shape index (κ2) is 4.12. The summed E-state index contributed by atoms with van der Waals surface area (Å²) < 4.78 is 4.86. The Bertz CT molecular complexity index is 356. The molecular formula is C9H12N2O4. The van der Waals surface area contributed by atoms with Crippen molar-refractivity contribution in [1.29, 1.82) is 0 Å². The van der Waals surface area contributed by atoms with E-state index in [1.807, 2.05) is 0 Å². The summed E-state index contributed by atoms with van der Waals surface area (Å²) in [6.07, 6.45) is 2.71. The lowest BCUT2D eigenvalue weighted by atomic mass is 10.1. The molecule has 0 saturated carbocycles. The molecule has 1 aromatic heterocycles. The maximum atomic E-state index is 11.4. The first kappa shape index (κ1) is 11.2. The van der Waals surface area contributed by atoms with Gasteiger partial charge in [0, 0.05) is 0 Å². The fourth-order valence-electron chi connectivity index (χ4n) is 0.924. The van der Waals surface area contributed by atoms with Crippen molar-refractivity contribution in [2.75, 3.05) is 0 Å². The highest BCUT2D eigenvalue weighted by atomic mass is 16.4. The summed E-state index contributed by atoms with van der Waals surface area (Å²) in [6, 6.07) is 0. The second-order valence-corrected chi connectivity index (χ2v) is 3.58. The first-order valence-electron chi connectivity index (χ1n) is 4.34. The Morgan fingerprint density at radius 3 is 2.73 bits per heavy atom. The van der Waals surface area contributed by atoms with Gasteiger partial charge in [0.1, 0.15) is 18.2 Å². The minimum absolute atomic E-state index is 0.0658. The van der Waals surface area contributed by atoms with Crippen molar-refractivity contribution in [1.82, 2.24) is 10.3 Å². The van der Waals surface area contributed by atoms with Gasteiger partial charge in [-0.05, 0) is 13.8 Å². The maximum Gasteiger partial charge on any atom is 0.328 e. The zero-order valence-corrected chi connectivity index (χ0v) is 8.48. The largest absolute Gasteiger partial charge is 0.480 e. The number of hydrogen-bond donors (Lipinski definition) is 2. The molecule has 0 aliphatic heterocycles. The van der Waals surface area contributed by atoms with E-state index in [0.717, 1.165) is 0 Å². The van der Waals surface area contributed by atoms with Crippen molar-refractivity contribution >= 4 is 11.9 Å². The maximum absolute atomic E-state index is 11.4. The number of aromatic nitrogens is 1. The number of carboxylic acid groups (broad SMARTS) is 1. The molecule has 0 bridgehead atoms. The van der Waals surface area contributed by atoms with E-state index in [2.05, 4.69) is 10.3 Å². The Labute approximate surface area is 86.3 Å². The van der Waals surface area contributed by atoms with Crippen LogP contribution in [0.4, 0.5) is 0 Å². The SMILES string of the molecule is CC(C)(NC(=O)Cc1ncco1)C(=O)O. The highest BCUT2D eigenvalue weighted by Gasteiger charge is 2.29. The van der Waals surface area contributed by atoms with Crippen LogP contribution in [0.5, 0.6) is 0 Å². The summed E-state index contributed by atoms with van der Waals surface area (Å²) in [5.74, 6) is -1.28. The molecule has 0 aliphatic rings. The van der Waals surface area contributed by atoms with E-state index in [0.29, 0.717) is 0 Å². The fraction of sp³-hybridized carbons (Fsp3) is 0.444. The van der Waals surface area contributed by atoms with Gasteiger partial charge >= 0.3 is 5.97 Å². The Balaban J connectivity index is 2.53. The third-order valence-electron chi connectivity index (χ3n) is 1.78. The van der Waals surface area contributed by atoms with Crippen LogP contribution < -0.4 is 5.32 Å². The highest BCUT2D eigenvalue weighted by molar-refractivity contribution is 5.86. The van der Waals surface area contributed by atoms with Gasteiger partial charge in [0.05, 0.1) is 6.20 Å². The molecule has 0 fully saturated rings. The van der Waals surface area contributed by atoms with Crippen LogP contribution in [0.25, 0.3) is 0 Å². The summed E-state index contributed by atoms with van der Waals surface area (Å²) in [5, 5.41) is 11.1. The molecule has 1 rings (SSSR count). The molecule has 2 N–H and O–H groups in total. The molecule has 0 aromatic carbocycles. The van der Waals surface area contributed by atoms with E-state index >= 15 is 0 Å². The molecule has 0 atom stereocenters. The highest BCUT2D eigenvalue weighted by Crippen LogP contribution is 2.03. The lowest BCUT2D eigenvalue weighted by Gasteiger charge is -2.20. The zero-order valence-electron chi connectivity index (χ0n) is 8.48. The normalized spacial score (nSPS) is 11.1. The van der Waals surface area contributed by atoms with Crippen LogP contribution in [-0.2, 0) is 16.0 Å². The Morgan fingerprint density at radius 2 is 2.27 bits per heavy atom. The van der Waals surface area contributed by atoms with E-state index in [9.17, 15) is 9.59 Å². The van der Waals surface area contributed by atoms with E-state index in [1.165, 1.54) is 26.3 Å². The summed E-state index contributed by atoms with van der Waals surface area (Å²) in [6.45, 7) is 2.81.